The van der Waals surface area contributed by atoms with Crippen LogP contribution in [0.5, 0.6) is 5.75 Å². The molecule has 0 bridgehead atoms. The van der Waals surface area contributed by atoms with Gasteiger partial charge in [-0.15, -0.1) is 13.2 Å². The molecule has 0 saturated heterocycles. The SMILES string of the molecule is O=C(Cc1ccccc1OC(F)(F)F)Nc1c(-c2cccnc2)n[nH]c1C(=O)O. The predicted octanol–water partition coefficient (Wildman–Crippen LogP) is 3.25. The minimum absolute atomic E-state index is 0.0226. The van der Waals surface area contributed by atoms with E-state index in [0.29, 0.717) is 5.56 Å². The molecule has 3 rings (SSSR count). The number of nitrogens with one attached hydrogen (secondary N) is 2. The summed E-state index contributed by atoms with van der Waals surface area (Å²) >= 11 is 0. The number of nitrogens with zero attached hydrogens (tertiary/aromatic N) is 2. The van der Waals surface area contributed by atoms with Crippen molar-refractivity contribution in [3.05, 3.63) is 60.0 Å². The van der Waals surface area contributed by atoms with Crippen LogP contribution >= 0.6 is 0 Å². The number of carboxylic acid groups (broad SMARTS) is 1. The Morgan fingerprint density at radius 2 is 1.93 bits per heavy atom. The summed E-state index contributed by atoms with van der Waals surface area (Å²) in [4.78, 5) is 27.8. The molecular weight excluding hydrogens is 393 g/mol. The summed E-state index contributed by atoms with van der Waals surface area (Å²) in [5, 5.41) is 17.9. The number of hydrogen-bond donors (Lipinski definition) is 3. The highest BCUT2D eigenvalue weighted by atomic mass is 19.4. The fourth-order valence-electron chi connectivity index (χ4n) is 2.56. The number of anilines is 1. The first-order valence-corrected chi connectivity index (χ1v) is 8.10. The van der Waals surface area contributed by atoms with Gasteiger partial charge in [0.25, 0.3) is 0 Å². The van der Waals surface area contributed by atoms with Crippen LogP contribution in [0.2, 0.25) is 0 Å². The number of aromatic amines is 1. The van der Waals surface area contributed by atoms with Crippen LogP contribution in [-0.2, 0) is 11.2 Å². The van der Waals surface area contributed by atoms with Crippen molar-refractivity contribution in [3.63, 3.8) is 0 Å². The van der Waals surface area contributed by atoms with Crippen molar-refractivity contribution in [2.24, 2.45) is 0 Å². The van der Waals surface area contributed by atoms with Gasteiger partial charge in [-0.1, -0.05) is 18.2 Å². The Kier molecular flexibility index (Phi) is 5.48. The summed E-state index contributed by atoms with van der Waals surface area (Å²) in [7, 11) is 0. The number of para-hydroxylation sites is 1. The minimum atomic E-state index is -4.92. The fourth-order valence-corrected chi connectivity index (χ4v) is 2.56. The quantitative estimate of drug-likeness (QED) is 0.579. The number of pyridine rings is 1. The Bertz CT molecular complexity index is 1040. The lowest BCUT2D eigenvalue weighted by molar-refractivity contribution is -0.274. The lowest BCUT2D eigenvalue weighted by atomic mass is 10.1. The van der Waals surface area contributed by atoms with E-state index in [9.17, 15) is 27.9 Å². The second kappa shape index (κ2) is 8.00. The van der Waals surface area contributed by atoms with Gasteiger partial charge in [0.1, 0.15) is 17.1 Å². The van der Waals surface area contributed by atoms with E-state index in [1.54, 1.807) is 12.1 Å². The number of alkyl halides is 3. The van der Waals surface area contributed by atoms with Gasteiger partial charge in [0.2, 0.25) is 5.91 Å². The molecule has 2 aromatic heterocycles. The largest absolute Gasteiger partial charge is 0.573 e. The van der Waals surface area contributed by atoms with Gasteiger partial charge < -0.3 is 15.2 Å². The molecule has 0 aliphatic heterocycles. The highest BCUT2D eigenvalue weighted by Crippen LogP contribution is 2.30. The molecule has 8 nitrogen and oxygen atoms in total. The molecule has 0 aliphatic rings. The van der Waals surface area contributed by atoms with Crippen molar-refractivity contribution in [1.29, 1.82) is 0 Å². The molecule has 11 heteroatoms. The van der Waals surface area contributed by atoms with E-state index in [4.69, 9.17) is 0 Å². The Hall–Kier alpha value is -3.89. The third kappa shape index (κ3) is 4.89. The molecule has 3 aromatic rings. The van der Waals surface area contributed by atoms with E-state index in [1.807, 2.05) is 0 Å². The normalized spacial score (nSPS) is 11.1. The van der Waals surface area contributed by atoms with E-state index in [0.717, 1.165) is 6.07 Å². The third-order valence-corrected chi connectivity index (χ3v) is 3.73. The standard InChI is InChI=1S/C18H13F3N4O4/c19-18(20,21)29-12-6-2-1-4-10(12)8-13(26)23-15-14(11-5-3-7-22-9-11)24-25-16(15)17(27)28/h1-7,9H,8H2,(H,23,26)(H,24,25)(H,27,28). The third-order valence-electron chi connectivity index (χ3n) is 3.73. The van der Waals surface area contributed by atoms with E-state index in [-0.39, 0.29) is 22.6 Å². The molecule has 29 heavy (non-hydrogen) atoms. The van der Waals surface area contributed by atoms with Gasteiger partial charge in [-0.25, -0.2) is 4.79 Å². The summed E-state index contributed by atoms with van der Waals surface area (Å²) < 4.78 is 41.5. The van der Waals surface area contributed by atoms with E-state index < -0.39 is 30.4 Å². The van der Waals surface area contributed by atoms with E-state index in [1.165, 1.54) is 30.6 Å². The average Bonchev–Trinajstić information content (AvgIpc) is 3.06. The molecule has 3 N–H and O–H groups in total. The monoisotopic (exact) mass is 406 g/mol. The molecule has 0 atom stereocenters. The van der Waals surface area contributed by atoms with Gasteiger partial charge in [0.15, 0.2) is 5.69 Å². The second-order valence-corrected chi connectivity index (χ2v) is 5.75. The average molecular weight is 406 g/mol. The first-order valence-electron chi connectivity index (χ1n) is 8.10. The molecule has 0 radical (unpaired) electrons. The van der Waals surface area contributed by atoms with Crippen molar-refractivity contribution in [3.8, 4) is 17.0 Å². The molecular formula is C18H13F3N4O4. The number of benzene rings is 1. The number of H-pyrrole nitrogens is 1. The Morgan fingerprint density at radius 3 is 2.59 bits per heavy atom. The number of aromatic nitrogens is 3. The fraction of sp³-hybridized carbons (Fsp3) is 0.111. The maximum absolute atomic E-state index is 12.5. The molecule has 0 aliphatic carbocycles. The lowest BCUT2D eigenvalue weighted by Crippen LogP contribution is -2.20. The lowest BCUT2D eigenvalue weighted by Gasteiger charge is -2.13. The van der Waals surface area contributed by atoms with Gasteiger partial charge in [-0.2, -0.15) is 5.10 Å². The number of hydrogen-bond acceptors (Lipinski definition) is 5. The van der Waals surface area contributed by atoms with E-state index >= 15 is 0 Å². The van der Waals surface area contributed by atoms with Gasteiger partial charge in [-0.3, -0.25) is 14.9 Å². The van der Waals surface area contributed by atoms with Gasteiger partial charge in [-0.05, 0) is 18.2 Å². The molecule has 0 saturated carbocycles. The number of aromatic carboxylic acids is 1. The van der Waals surface area contributed by atoms with Crippen molar-refractivity contribution in [1.82, 2.24) is 15.2 Å². The Balaban J connectivity index is 1.87. The van der Waals surface area contributed by atoms with Gasteiger partial charge in [0, 0.05) is 23.5 Å². The number of rotatable bonds is 6. The zero-order valence-electron chi connectivity index (χ0n) is 14.5. The smallest absolute Gasteiger partial charge is 0.476 e. The van der Waals surface area contributed by atoms with Crippen LogP contribution in [-0.4, -0.2) is 38.5 Å². The maximum atomic E-state index is 12.5. The summed E-state index contributed by atoms with van der Waals surface area (Å²) in [6, 6.07) is 8.38. The van der Waals surface area contributed by atoms with Crippen LogP contribution in [0.25, 0.3) is 11.3 Å². The summed E-state index contributed by atoms with van der Waals surface area (Å²) in [5.74, 6) is -2.64. The first kappa shape index (κ1) is 19.9. The van der Waals surface area contributed by atoms with Gasteiger partial charge in [0.05, 0.1) is 6.42 Å². The molecule has 150 valence electrons. The van der Waals surface area contributed by atoms with Crippen molar-refractivity contribution in [2.45, 2.75) is 12.8 Å². The molecule has 1 aromatic carbocycles. The van der Waals surface area contributed by atoms with Gasteiger partial charge >= 0.3 is 12.3 Å². The zero-order chi connectivity index (χ0) is 21.0. The van der Waals surface area contributed by atoms with Crippen LogP contribution in [0.1, 0.15) is 16.1 Å². The zero-order valence-corrected chi connectivity index (χ0v) is 14.5. The number of carboxylic acids is 1. The van der Waals surface area contributed by atoms with Crippen LogP contribution in [0.15, 0.2) is 48.8 Å². The van der Waals surface area contributed by atoms with Crippen LogP contribution < -0.4 is 10.1 Å². The summed E-state index contributed by atoms with van der Waals surface area (Å²) in [5.41, 5.74) is 0.0448. The van der Waals surface area contributed by atoms with Crippen LogP contribution in [0.3, 0.4) is 0 Å². The Morgan fingerprint density at radius 1 is 1.17 bits per heavy atom. The Labute approximate surface area is 161 Å². The van der Waals surface area contributed by atoms with Crippen molar-refractivity contribution < 1.29 is 32.6 Å². The predicted molar refractivity (Wildman–Crippen MR) is 94.2 cm³/mol. The number of carbonyl (C=O) groups excluding carboxylic acids is 1. The van der Waals surface area contributed by atoms with Crippen LogP contribution in [0, 0.1) is 0 Å². The van der Waals surface area contributed by atoms with Crippen LogP contribution in [0.4, 0.5) is 18.9 Å². The number of amides is 1. The molecule has 1 amide bonds. The highest BCUT2D eigenvalue weighted by molar-refractivity contribution is 6.04. The topological polar surface area (TPSA) is 117 Å². The first-order chi connectivity index (χ1) is 13.7. The minimum Gasteiger partial charge on any atom is -0.476 e. The number of ether oxygens (including phenoxy) is 1. The summed E-state index contributed by atoms with van der Waals surface area (Å²) in [6.45, 7) is 0. The van der Waals surface area contributed by atoms with Crippen molar-refractivity contribution >= 4 is 17.6 Å². The maximum Gasteiger partial charge on any atom is 0.573 e. The highest BCUT2D eigenvalue weighted by Gasteiger charge is 2.32. The van der Waals surface area contributed by atoms with E-state index in [2.05, 4.69) is 25.2 Å². The molecule has 0 spiro atoms. The molecule has 0 fully saturated rings. The second-order valence-electron chi connectivity index (χ2n) is 5.75. The molecule has 0 unspecified atom stereocenters. The molecule has 2 heterocycles. The number of carbonyl (C=O) groups is 2. The number of halogens is 3. The van der Waals surface area contributed by atoms with Crippen molar-refractivity contribution in [2.75, 3.05) is 5.32 Å². The summed E-state index contributed by atoms with van der Waals surface area (Å²) in [6.07, 6.45) is -2.47.